The predicted octanol–water partition coefficient (Wildman–Crippen LogP) is 5.46. The molecular formula is C18H10Cl2N4O2S. The van der Waals surface area contributed by atoms with Crippen LogP contribution in [-0.4, -0.2) is 26.3 Å². The quantitative estimate of drug-likeness (QED) is 0.443. The molecule has 0 bridgehead atoms. The monoisotopic (exact) mass is 416 g/mol. The van der Waals surface area contributed by atoms with Crippen LogP contribution >= 0.6 is 35.0 Å². The average molecular weight is 417 g/mol. The molecule has 0 spiro atoms. The van der Waals surface area contributed by atoms with Gasteiger partial charge in [0.25, 0.3) is 0 Å². The lowest BCUT2D eigenvalue weighted by Crippen LogP contribution is -2.13. The molecule has 9 heteroatoms. The molecule has 0 N–H and O–H groups in total. The van der Waals surface area contributed by atoms with Crippen molar-refractivity contribution in [3.63, 3.8) is 0 Å². The molecule has 1 aliphatic heterocycles. The Hall–Kier alpha value is -2.48. The Labute approximate surface area is 167 Å². The van der Waals surface area contributed by atoms with Gasteiger partial charge >= 0.3 is 0 Å². The van der Waals surface area contributed by atoms with E-state index in [2.05, 4.69) is 15.3 Å². The molecule has 6 nitrogen and oxygen atoms in total. The summed E-state index contributed by atoms with van der Waals surface area (Å²) in [6.07, 6.45) is 1.59. The van der Waals surface area contributed by atoms with E-state index in [-0.39, 0.29) is 0 Å². The highest BCUT2D eigenvalue weighted by molar-refractivity contribution is 7.99. The highest BCUT2D eigenvalue weighted by atomic mass is 35.5. The Morgan fingerprint density at radius 2 is 1.78 bits per heavy atom. The van der Waals surface area contributed by atoms with Gasteiger partial charge in [0.1, 0.15) is 11.5 Å². The number of rotatable bonds is 3. The lowest BCUT2D eigenvalue weighted by Gasteiger charge is -2.11. The van der Waals surface area contributed by atoms with Crippen molar-refractivity contribution in [2.75, 3.05) is 5.75 Å². The maximum Gasteiger partial charge on any atom is 0.221 e. The van der Waals surface area contributed by atoms with Crippen molar-refractivity contribution in [1.29, 1.82) is 0 Å². The van der Waals surface area contributed by atoms with Crippen LogP contribution in [0.2, 0.25) is 10.0 Å². The number of hydrogen-bond donors (Lipinski definition) is 0. The van der Waals surface area contributed by atoms with Crippen molar-refractivity contribution in [2.45, 2.75) is 5.16 Å². The third-order valence-corrected chi connectivity index (χ3v) is 5.32. The number of aromatic nitrogens is 3. The maximum absolute atomic E-state index is 6.09. The Morgan fingerprint density at radius 1 is 0.963 bits per heavy atom. The van der Waals surface area contributed by atoms with Crippen LogP contribution in [0, 0.1) is 0 Å². The molecule has 4 aromatic rings. The summed E-state index contributed by atoms with van der Waals surface area (Å²) in [5.41, 5.74) is 1.59. The SMILES string of the molecule is Clc1cc(Cl)cc(-c2ccc(C3=Nn4c(nnc4-c4ccco4)SC3)o2)c1. The van der Waals surface area contributed by atoms with Crippen molar-refractivity contribution >= 4 is 40.7 Å². The fourth-order valence-corrected chi connectivity index (χ4v) is 4.09. The minimum atomic E-state index is 0.549. The van der Waals surface area contributed by atoms with Crippen molar-refractivity contribution in [2.24, 2.45) is 5.10 Å². The predicted molar refractivity (Wildman–Crippen MR) is 105 cm³/mol. The van der Waals surface area contributed by atoms with Crippen molar-refractivity contribution < 1.29 is 8.83 Å². The number of furan rings is 2. The fourth-order valence-electron chi connectivity index (χ4n) is 2.75. The summed E-state index contributed by atoms with van der Waals surface area (Å²) in [7, 11) is 0. The van der Waals surface area contributed by atoms with Gasteiger partial charge in [-0.05, 0) is 42.5 Å². The summed E-state index contributed by atoms with van der Waals surface area (Å²) in [4.78, 5) is 0. The molecule has 1 aromatic carbocycles. The minimum absolute atomic E-state index is 0.549. The lowest BCUT2D eigenvalue weighted by atomic mass is 10.2. The molecule has 0 unspecified atom stereocenters. The number of hydrogen-bond acceptors (Lipinski definition) is 6. The van der Waals surface area contributed by atoms with Crippen LogP contribution in [0.4, 0.5) is 0 Å². The molecule has 0 saturated heterocycles. The van der Waals surface area contributed by atoms with Gasteiger partial charge in [-0.2, -0.15) is 9.78 Å². The molecule has 0 amide bonds. The van der Waals surface area contributed by atoms with Gasteiger partial charge in [-0.15, -0.1) is 10.2 Å². The number of halogens is 2. The first-order valence-electron chi connectivity index (χ1n) is 7.94. The smallest absolute Gasteiger partial charge is 0.221 e. The first kappa shape index (κ1) is 16.7. The molecule has 0 radical (unpaired) electrons. The number of thioether (sulfide) groups is 1. The van der Waals surface area contributed by atoms with Gasteiger partial charge in [0, 0.05) is 21.4 Å². The van der Waals surface area contributed by atoms with E-state index in [9.17, 15) is 0 Å². The van der Waals surface area contributed by atoms with E-state index in [0.29, 0.717) is 44.1 Å². The zero-order valence-corrected chi connectivity index (χ0v) is 15.9. The van der Waals surface area contributed by atoms with Gasteiger partial charge in [0.05, 0.1) is 6.26 Å². The number of benzene rings is 1. The largest absolute Gasteiger partial charge is 0.461 e. The zero-order chi connectivity index (χ0) is 18.4. The maximum atomic E-state index is 6.09. The van der Waals surface area contributed by atoms with Crippen molar-refractivity contribution in [1.82, 2.24) is 14.9 Å². The molecule has 0 fully saturated rings. The van der Waals surface area contributed by atoms with Crippen LogP contribution < -0.4 is 0 Å². The van der Waals surface area contributed by atoms with E-state index >= 15 is 0 Å². The molecule has 5 rings (SSSR count). The van der Waals surface area contributed by atoms with E-state index in [1.165, 1.54) is 11.8 Å². The van der Waals surface area contributed by atoms with Gasteiger partial charge < -0.3 is 8.83 Å². The van der Waals surface area contributed by atoms with Crippen LogP contribution in [0.1, 0.15) is 5.76 Å². The zero-order valence-electron chi connectivity index (χ0n) is 13.6. The summed E-state index contributed by atoms with van der Waals surface area (Å²) < 4.78 is 13.1. The number of fused-ring (bicyclic) bond motifs is 1. The van der Waals surface area contributed by atoms with Gasteiger partial charge in [0.2, 0.25) is 11.0 Å². The molecular weight excluding hydrogens is 407 g/mol. The van der Waals surface area contributed by atoms with E-state index in [0.717, 1.165) is 11.3 Å². The van der Waals surface area contributed by atoms with E-state index in [1.54, 1.807) is 35.2 Å². The Bertz CT molecular complexity index is 1140. The topological polar surface area (TPSA) is 69.3 Å². The third kappa shape index (κ3) is 3.07. The molecule has 1 aliphatic rings. The van der Waals surface area contributed by atoms with Crippen LogP contribution in [0.3, 0.4) is 0 Å². The van der Waals surface area contributed by atoms with Crippen LogP contribution in [-0.2, 0) is 0 Å². The Kier molecular flexibility index (Phi) is 4.07. The second-order valence-corrected chi connectivity index (χ2v) is 7.57. The highest BCUT2D eigenvalue weighted by Gasteiger charge is 2.23. The lowest BCUT2D eigenvalue weighted by molar-refractivity contribution is 0.565. The van der Waals surface area contributed by atoms with E-state index in [1.807, 2.05) is 18.2 Å². The molecule has 0 saturated carbocycles. The molecule has 4 heterocycles. The average Bonchev–Trinajstić information content (AvgIpc) is 3.39. The van der Waals surface area contributed by atoms with Crippen molar-refractivity contribution in [3.05, 3.63) is 64.5 Å². The van der Waals surface area contributed by atoms with Gasteiger partial charge in [-0.3, -0.25) is 0 Å². The summed E-state index contributed by atoms with van der Waals surface area (Å²) in [6.45, 7) is 0. The third-order valence-electron chi connectivity index (χ3n) is 3.95. The molecule has 27 heavy (non-hydrogen) atoms. The van der Waals surface area contributed by atoms with Crippen LogP contribution in [0.15, 0.2) is 67.8 Å². The second-order valence-electron chi connectivity index (χ2n) is 5.75. The standard InChI is InChI=1S/C18H10Cl2N4O2S/c19-11-6-10(7-12(20)8-11)14-3-4-15(26-14)13-9-27-18-22-21-17(24(18)23-13)16-2-1-5-25-16/h1-8H,9H2. The molecule has 134 valence electrons. The normalized spacial score (nSPS) is 13.5. The van der Waals surface area contributed by atoms with Crippen LogP contribution in [0.25, 0.3) is 22.9 Å². The summed E-state index contributed by atoms with van der Waals surface area (Å²) in [5.74, 6) is 3.11. The Balaban J connectivity index is 1.53. The molecule has 0 aliphatic carbocycles. The second kappa shape index (κ2) is 6.60. The van der Waals surface area contributed by atoms with Gasteiger partial charge in [-0.25, -0.2) is 0 Å². The van der Waals surface area contributed by atoms with Gasteiger partial charge in [0.15, 0.2) is 11.5 Å². The molecule has 3 aromatic heterocycles. The number of nitrogens with zero attached hydrogens (tertiary/aromatic N) is 4. The summed E-state index contributed by atoms with van der Waals surface area (Å²) in [5, 5.41) is 14.8. The first-order chi connectivity index (χ1) is 13.2. The van der Waals surface area contributed by atoms with Crippen LogP contribution in [0.5, 0.6) is 0 Å². The summed E-state index contributed by atoms with van der Waals surface area (Å²) >= 11 is 13.7. The highest BCUT2D eigenvalue weighted by Crippen LogP contribution is 2.32. The fraction of sp³-hybridized carbons (Fsp3) is 0.0556. The molecule has 0 atom stereocenters. The Morgan fingerprint density at radius 3 is 2.56 bits per heavy atom. The summed E-state index contributed by atoms with van der Waals surface area (Å²) in [6, 6.07) is 12.7. The van der Waals surface area contributed by atoms with E-state index in [4.69, 9.17) is 32.0 Å². The van der Waals surface area contributed by atoms with Crippen molar-refractivity contribution in [3.8, 4) is 22.9 Å². The van der Waals surface area contributed by atoms with Gasteiger partial charge in [-0.1, -0.05) is 35.0 Å². The van der Waals surface area contributed by atoms with E-state index < -0.39 is 0 Å². The first-order valence-corrected chi connectivity index (χ1v) is 9.68. The minimum Gasteiger partial charge on any atom is -0.461 e.